The van der Waals surface area contributed by atoms with Crippen molar-refractivity contribution in [2.45, 2.75) is 38.3 Å². The summed E-state index contributed by atoms with van der Waals surface area (Å²) in [5, 5.41) is 2.01. The Kier molecular flexibility index (Phi) is 6.87. The Morgan fingerprint density at radius 1 is 1.32 bits per heavy atom. The molecule has 2 aliphatic heterocycles. The number of nitrogens with zero attached hydrogens (tertiary/aromatic N) is 2. The fraction of sp³-hybridized carbons (Fsp3) is 0.478. The van der Waals surface area contributed by atoms with Gasteiger partial charge in [-0.1, -0.05) is 12.1 Å². The number of carbonyl (C=O) groups is 2. The van der Waals surface area contributed by atoms with Crippen molar-refractivity contribution in [1.29, 1.82) is 0 Å². The Hall–Kier alpha value is -2.45. The summed E-state index contributed by atoms with van der Waals surface area (Å²) in [6, 6.07) is 7.94. The maximum absolute atomic E-state index is 14.0. The maximum atomic E-state index is 14.0. The van der Waals surface area contributed by atoms with Crippen molar-refractivity contribution in [3.63, 3.8) is 0 Å². The van der Waals surface area contributed by atoms with E-state index < -0.39 is 5.82 Å². The van der Waals surface area contributed by atoms with Gasteiger partial charge in [0.25, 0.3) is 0 Å². The Bertz CT molecular complexity index is 928. The molecule has 0 saturated carbocycles. The summed E-state index contributed by atoms with van der Waals surface area (Å²) in [4.78, 5) is 30.0. The van der Waals surface area contributed by atoms with Crippen LogP contribution in [0.15, 0.2) is 35.7 Å². The molecular weight excluding hydrogens is 419 g/mol. The molecule has 166 valence electrons. The molecule has 1 fully saturated rings. The molecule has 2 aromatic rings. The van der Waals surface area contributed by atoms with Gasteiger partial charge in [-0.3, -0.25) is 9.59 Å². The summed E-state index contributed by atoms with van der Waals surface area (Å²) in [6.07, 6.45) is 2.63. The molecule has 4 rings (SSSR count). The van der Waals surface area contributed by atoms with Crippen molar-refractivity contribution in [2.24, 2.45) is 0 Å². The number of carbonyl (C=O) groups excluding carboxylic acids is 2. The fourth-order valence-electron chi connectivity index (χ4n) is 4.20. The molecule has 1 aromatic heterocycles. The summed E-state index contributed by atoms with van der Waals surface area (Å²) in [6.45, 7) is 3.31. The largest absolute Gasteiger partial charge is 0.488 e. The van der Waals surface area contributed by atoms with Crippen molar-refractivity contribution >= 4 is 23.2 Å². The highest BCUT2D eigenvalue weighted by molar-refractivity contribution is 7.10. The molecule has 0 bridgehead atoms. The number of fused-ring (bicyclic) bond motifs is 1. The second kappa shape index (κ2) is 9.78. The van der Waals surface area contributed by atoms with Gasteiger partial charge in [-0.05, 0) is 48.4 Å². The molecule has 6 nitrogen and oxygen atoms in total. The molecule has 0 N–H and O–H groups in total. The molecular formula is C23H27FN2O4S. The predicted octanol–water partition coefficient (Wildman–Crippen LogP) is 3.42. The van der Waals surface area contributed by atoms with Gasteiger partial charge in [0.2, 0.25) is 11.8 Å². The topological polar surface area (TPSA) is 59.1 Å². The zero-order valence-corrected chi connectivity index (χ0v) is 18.4. The van der Waals surface area contributed by atoms with Gasteiger partial charge < -0.3 is 19.3 Å². The minimum Gasteiger partial charge on any atom is -0.488 e. The molecule has 0 spiro atoms. The SMILES string of the molecule is CC(=O)N(CC(=O)N1CCc2sccc2[C@H]1COc1ccccc1F)C[C@@H]1CCCO1. The molecule has 2 aliphatic rings. The van der Waals surface area contributed by atoms with E-state index in [1.807, 2.05) is 11.4 Å². The molecule has 8 heteroatoms. The average Bonchev–Trinajstić information content (AvgIpc) is 3.44. The summed E-state index contributed by atoms with van der Waals surface area (Å²) in [5.74, 6) is -0.537. The smallest absolute Gasteiger partial charge is 0.242 e. The molecule has 2 amide bonds. The lowest BCUT2D eigenvalue weighted by atomic mass is 10.0. The van der Waals surface area contributed by atoms with Crippen molar-refractivity contribution < 1.29 is 23.5 Å². The van der Waals surface area contributed by atoms with Crippen LogP contribution in [0.3, 0.4) is 0 Å². The van der Waals surface area contributed by atoms with Gasteiger partial charge in [0.05, 0.1) is 18.7 Å². The number of hydrogen-bond donors (Lipinski definition) is 0. The van der Waals surface area contributed by atoms with Crippen LogP contribution in [0.25, 0.3) is 0 Å². The number of rotatable bonds is 7. The van der Waals surface area contributed by atoms with Gasteiger partial charge in [0.1, 0.15) is 6.61 Å². The van der Waals surface area contributed by atoms with E-state index in [4.69, 9.17) is 9.47 Å². The molecule has 0 unspecified atom stereocenters. The molecule has 3 heterocycles. The van der Waals surface area contributed by atoms with Gasteiger partial charge in [-0.15, -0.1) is 11.3 Å². The first kappa shape index (κ1) is 21.8. The highest BCUT2D eigenvalue weighted by Gasteiger charge is 2.34. The van der Waals surface area contributed by atoms with Crippen molar-refractivity contribution in [1.82, 2.24) is 9.80 Å². The summed E-state index contributed by atoms with van der Waals surface area (Å²) in [7, 11) is 0. The molecule has 1 aromatic carbocycles. The van der Waals surface area contributed by atoms with E-state index in [1.165, 1.54) is 17.9 Å². The Morgan fingerprint density at radius 2 is 2.16 bits per heavy atom. The van der Waals surface area contributed by atoms with Crippen molar-refractivity contribution in [3.05, 3.63) is 52.0 Å². The molecule has 0 radical (unpaired) electrons. The van der Waals surface area contributed by atoms with E-state index >= 15 is 0 Å². The van der Waals surface area contributed by atoms with Crippen molar-refractivity contribution in [2.75, 3.05) is 32.8 Å². The van der Waals surface area contributed by atoms with Crippen LogP contribution in [0.4, 0.5) is 4.39 Å². The molecule has 2 atom stereocenters. The standard InChI is InChI=1S/C23H27FN2O4S/c1-16(27)25(13-17-5-4-11-29-17)14-23(28)26-10-8-22-18(9-12-31-22)20(26)15-30-21-7-3-2-6-19(21)24/h2-3,6-7,9,12,17,20H,4-5,8,10-11,13-15H2,1H3/t17-,20+/m0/s1. The lowest BCUT2D eigenvalue weighted by Crippen LogP contribution is -2.48. The zero-order valence-electron chi connectivity index (χ0n) is 17.6. The highest BCUT2D eigenvalue weighted by atomic mass is 32.1. The van der Waals surface area contributed by atoms with E-state index in [0.29, 0.717) is 19.7 Å². The first-order valence-electron chi connectivity index (χ1n) is 10.6. The van der Waals surface area contributed by atoms with Crippen LogP contribution in [0.1, 0.15) is 36.2 Å². The van der Waals surface area contributed by atoms with Gasteiger partial charge in [0.15, 0.2) is 11.6 Å². The van der Waals surface area contributed by atoms with Crippen LogP contribution in [0, 0.1) is 5.82 Å². The number of hydrogen-bond acceptors (Lipinski definition) is 5. The van der Waals surface area contributed by atoms with Crippen LogP contribution in [0.5, 0.6) is 5.75 Å². The minimum absolute atomic E-state index is 0.00482. The van der Waals surface area contributed by atoms with Crippen LogP contribution in [-0.4, -0.2) is 60.6 Å². The fourth-order valence-corrected chi connectivity index (χ4v) is 5.13. The quantitative estimate of drug-likeness (QED) is 0.654. The first-order chi connectivity index (χ1) is 15.0. The second-order valence-corrected chi connectivity index (χ2v) is 8.93. The average molecular weight is 447 g/mol. The van der Waals surface area contributed by atoms with Gasteiger partial charge in [-0.25, -0.2) is 4.39 Å². The van der Waals surface area contributed by atoms with Crippen molar-refractivity contribution in [3.8, 4) is 5.75 Å². The predicted molar refractivity (Wildman–Crippen MR) is 116 cm³/mol. The second-order valence-electron chi connectivity index (χ2n) is 7.93. The number of thiophene rings is 1. The van der Waals surface area contributed by atoms with Crippen LogP contribution < -0.4 is 4.74 Å². The lowest BCUT2D eigenvalue weighted by Gasteiger charge is -2.37. The molecule has 1 saturated heterocycles. The lowest BCUT2D eigenvalue weighted by molar-refractivity contribution is -0.142. The van der Waals surface area contributed by atoms with E-state index in [1.54, 1.807) is 39.3 Å². The summed E-state index contributed by atoms with van der Waals surface area (Å²) >= 11 is 1.66. The number of amides is 2. The number of halogens is 1. The van der Waals surface area contributed by atoms with Crippen LogP contribution in [-0.2, 0) is 20.7 Å². The van der Waals surface area contributed by atoms with E-state index in [9.17, 15) is 14.0 Å². The van der Waals surface area contributed by atoms with Gasteiger partial charge in [-0.2, -0.15) is 0 Å². The van der Waals surface area contributed by atoms with Gasteiger partial charge in [0, 0.05) is 31.5 Å². The normalized spacial score (nSPS) is 20.4. The van der Waals surface area contributed by atoms with Gasteiger partial charge >= 0.3 is 0 Å². The zero-order chi connectivity index (χ0) is 21.8. The summed E-state index contributed by atoms with van der Waals surface area (Å²) in [5.41, 5.74) is 1.04. The monoisotopic (exact) mass is 446 g/mol. The minimum atomic E-state index is -0.430. The van der Waals surface area contributed by atoms with E-state index in [2.05, 4.69) is 0 Å². The van der Waals surface area contributed by atoms with Crippen LogP contribution in [0.2, 0.25) is 0 Å². The Labute approximate surface area is 185 Å². The first-order valence-corrected chi connectivity index (χ1v) is 11.5. The van der Waals surface area contributed by atoms with E-state index in [-0.39, 0.29) is 42.9 Å². The number of para-hydroxylation sites is 1. The number of benzene rings is 1. The number of ether oxygens (including phenoxy) is 2. The third-order valence-corrected chi connectivity index (χ3v) is 6.86. The molecule has 31 heavy (non-hydrogen) atoms. The van der Waals surface area contributed by atoms with E-state index in [0.717, 1.165) is 24.8 Å². The Morgan fingerprint density at radius 3 is 2.90 bits per heavy atom. The maximum Gasteiger partial charge on any atom is 0.242 e. The summed E-state index contributed by atoms with van der Waals surface area (Å²) < 4.78 is 25.5. The third-order valence-electron chi connectivity index (χ3n) is 5.87. The third kappa shape index (κ3) is 5.07. The highest BCUT2D eigenvalue weighted by Crippen LogP contribution is 2.34. The molecule has 0 aliphatic carbocycles. The Balaban J connectivity index is 1.48. The van der Waals surface area contributed by atoms with Crippen LogP contribution >= 0.6 is 11.3 Å².